The molecule has 1 fully saturated rings. The fraction of sp³-hybridized carbons (Fsp3) is 0.276. The Morgan fingerprint density at radius 3 is 1.97 bits per heavy atom. The smallest absolute Gasteiger partial charge is 0.335 e. The molecule has 5 heteroatoms. The first-order valence-electron chi connectivity index (χ1n) is 11.9. The molecule has 0 aromatic heterocycles. The maximum Gasteiger partial charge on any atom is 0.335 e. The number of hydrogen-bond donors (Lipinski definition) is 1. The molecule has 7 rings (SSSR count). The molecule has 0 saturated carbocycles. The van der Waals surface area contributed by atoms with Crippen molar-refractivity contribution >= 4 is 23.5 Å². The Labute approximate surface area is 198 Å². The van der Waals surface area contributed by atoms with Crippen LogP contribution in [-0.2, 0) is 9.59 Å². The lowest BCUT2D eigenvalue weighted by Gasteiger charge is -2.46. The molecule has 3 aliphatic carbocycles. The molecule has 4 aliphatic rings. The van der Waals surface area contributed by atoms with Crippen LogP contribution in [0.4, 0.5) is 5.69 Å². The van der Waals surface area contributed by atoms with Crippen LogP contribution in [0.2, 0.25) is 0 Å². The van der Waals surface area contributed by atoms with Gasteiger partial charge in [0.1, 0.15) is 0 Å². The number of hydrogen-bond acceptors (Lipinski definition) is 3. The van der Waals surface area contributed by atoms with Gasteiger partial charge in [0.15, 0.2) is 0 Å². The van der Waals surface area contributed by atoms with E-state index >= 15 is 0 Å². The Morgan fingerprint density at radius 1 is 0.853 bits per heavy atom. The Morgan fingerprint density at radius 2 is 1.41 bits per heavy atom. The molecule has 3 aromatic rings. The number of carbonyl (C=O) groups is 3. The van der Waals surface area contributed by atoms with Gasteiger partial charge in [-0.2, -0.15) is 0 Å². The highest BCUT2D eigenvalue weighted by Crippen LogP contribution is 2.61. The van der Waals surface area contributed by atoms with Crippen LogP contribution in [0, 0.1) is 11.8 Å². The minimum absolute atomic E-state index is 0.123. The summed E-state index contributed by atoms with van der Waals surface area (Å²) in [7, 11) is 0. The summed E-state index contributed by atoms with van der Waals surface area (Å²) < 4.78 is 0. The van der Waals surface area contributed by atoms with E-state index in [0.29, 0.717) is 11.6 Å². The van der Waals surface area contributed by atoms with Crippen LogP contribution in [0.5, 0.6) is 0 Å². The van der Waals surface area contributed by atoms with E-state index in [2.05, 4.69) is 44.2 Å². The molecule has 2 bridgehead atoms. The molecule has 0 radical (unpaired) electrons. The second-order valence-corrected chi connectivity index (χ2v) is 9.70. The molecule has 5 nitrogen and oxygen atoms in total. The van der Waals surface area contributed by atoms with Gasteiger partial charge in [-0.05, 0) is 64.4 Å². The summed E-state index contributed by atoms with van der Waals surface area (Å²) in [6, 6.07) is 20.8. The number of carbonyl (C=O) groups excluding carboxylic acids is 2. The first-order chi connectivity index (χ1) is 16.4. The van der Waals surface area contributed by atoms with Crippen molar-refractivity contribution in [2.24, 2.45) is 11.8 Å². The van der Waals surface area contributed by atoms with Gasteiger partial charge >= 0.3 is 5.97 Å². The fourth-order valence-electron chi connectivity index (χ4n) is 6.30. The number of nitrogens with zero attached hydrogens (tertiary/aromatic N) is 1. The van der Waals surface area contributed by atoms with Crippen molar-refractivity contribution in [3.05, 3.63) is 100 Å². The largest absolute Gasteiger partial charge is 0.478 e. The number of imide groups is 1. The van der Waals surface area contributed by atoms with E-state index in [1.807, 2.05) is 12.1 Å². The van der Waals surface area contributed by atoms with E-state index in [0.717, 1.165) is 23.1 Å². The Kier molecular flexibility index (Phi) is 4.53. The highest BCUT2D eigenvalue weighted by Gasteiger charge is 2.61. The molecule has 5 atom stereocenters. The minimum atomic E-state index is -1.04. The van der Waals surface area contributed by atoms with E-state index in [-0.39, 0.29) is 29.2 Å². The summed E-state index contributed by atoms with van der Waals surface area (Å²) in [4.78, 5) is 40.2. The third-order valence-corrected chi connectivity index (χ3v) is 8.12. The summed E-state index contributed by atoms with van der Waals surface area (Å²) >= 11 is 0. The summed E-state index contributed by atoms with van der Waals surface area (Å²) in [5.74, 6) is -2.24. The van der Waals surface area contributed by atoms with E-state index in [9.17, 15) is 19.5 Å². The van der Waals surface area contributed by atoms with Crippen LogP contribution in [-0.4, -0.2) is 22.9 Å². The van der Waals surface area contributed by atoms with Crippen molar-refractivity contribution in [1.29, 1.82) is 0 Å². The number of carboxylic acids is 1. The SMILES string of the molecule is CC[C@H](C)c1ccc2c(c1)[C@@H]1c3ccccc3[C@@H]2[C@@H]2C(=O)N(c3ccc(C(=O)O)cc3)C(=O)[C@H]12. The number of carboxylic acid groups (broad SMARTS) is 1. The molecule has 34 heavy (non-hydrogen) atoms. The normalized spacial score (nSPS) is 25.1. The predicted octanol–water partition coefficient (Wildman–Crippen LogP) is 5.29. The number of rotatable bonds is 4. The van der Waals surface area contributed by atoms with Gasteiger partial charge in [0, 0.05) is 11.8 Å². The Bertz CT molecular complexity index is 1360. The van der Waals surface area contributed by atoms with Gasteiger partial charge < -0.3 is 5.11 Å². The molecular weight excluding hydrogens is 426 g/mol. The van der Waals surface area contributed by atoms with Crippen LogP contribution in [0.25, 0.3) is 0 Å². The first kappa shape index (κ1) is 20.8. The van der Waals surface area contributed by atoms with Crippen LogP contribution in [0.3, 0.4) is 0 Å². The van der Waals surface area contributed by atoms with E-state index in [4.69, 9.17) is 0 Å². The average Bonchev–Trinajstić information content (AvgIpc) is 3.13. The van der Waals surface area contributed by atoms with Gasteiger partial charge in [-0.1, -0.05) is 56.3 Å². The van der Waals surface area contributed by atoms with Crippen molar-refractivity contribution in [3.8, 4) is 0 Å². The molecule has 170 valence electrons. The maximum atomic E-state index is 13.8. The highest BCUT2D eigenvalue weighted by molar-refractivity contribution is 6.23. The third kappa shape index (κ3) is 2.70. The van der Waals surface area contributed by atoms with E-state index < -0.39 is 17.8 Å². The second-order valence-electron chi connectivity index (χ2n) is 9.70. The van der Waals surface area contributed by atoms with Gasteiger partial charge in [-0.3, -0.25) is 9.59 Å². The standard InChI is InChI=1S/C29H25NO4/c1-3-15(2)17-10-13-21-22(14-17)24-20-7-5-4-6-19(20)23(21)25-26(24)28(32)30(27(25)31)18-11-8-16(9-12-18)29(33)34/h4-15,23-26H,3H2,1-2H3,(H,33,34)/t15-,23-,24-,25-,26+/m0/s1. The Balaban J connectivity index is 1.50. The molecule has 1 N–H and O–H groups in total. The van der Waals surface area contributed by atoms with E-state index in [1.54, 1.807) is 12.1 Å². The topological polar surface area (TPSA) is 74.7 Å². The van der Waals surface area contributed by atoms with Gasteiger partial charge in [0.2, 0.25) is 11.8 Å². The highest BCUT2D eigenvalue weighted by atomic mass is 16.4. The fourth-order valence-corrected chi connectivity index (χ4v) is 6.30. The van der Waals surface area contributed by atoms with Crippen LogP contribution in [0.15, 0.2) is 66.7 Å². The quantitative estimate of drug-likeness (QED) is 0.547. The molecular formula is C29H25NO4. The number of benzene rings is 3. The van der Waals surface area contributed by atoms with Gasteiger partial charge in [0.05, 0.1) is 23.1 Å². The lowest BCUT2D eigenvalue weighted by atomic mass is 9.54. The zero-order valence-corrected chi connectivity index (χ0v) is 19.1. The van der Waals surface area contributed by atoms with Crippen LogP contribution >= 0.6 is 0 Å². The van der Waals surface area contributed by atoms with Crippen molar-refractivity contribution in [2.45, 2.75) is 38.0 Å². The summed E-state index contributed by atoms with van der Waals surface area (Å²) in [6.45, 7) is 4.39. The minimum Gasteiger partial charge on any atom is -0.478 e. The average molecular weight is 452 g/mol. The van der Waals surface area contributed by atoms with Crippen LogP contribution in [0.1, 0.15) is 76.2 Å². The maximum absolute atomic E-state index is 13.8. The van der Waals surface area contributed by atoms with Gasteiger partial charge in [0.25, 0.3) is 0 Å². The molecule has 0 spiro atoms. The summed E-state index contributed by atoms with van der Waals surface area (Å²) in [5.41, 5.74) is 6.43. The molecule has 1 aliphatic heterocycles. The van der Waals surface area contributed by atoms with Gasteiger partial charge in [-0.15, -0.1) is 0 Å². The number of amides is 2. The Hall–Kier alpha value is -3.73. The second kappa shape index (κ2) is 7.39. The lowest BCUT2D eigenvalue weighted by Crippen LogP contribution is -2.41. The summed E-state index contributed by atoms with van der Waals surface area (Å²) in [5, 5.41) is 9.22. The molecule has 2 amide bonds. The molecule has 1 saturated heterocycles. The number of anilines is 1. The van der Waals surface area contributed by atoms with Crippen LogP contribution < -0.4 is 4.90 Å². The zero-order valence-electron chi connectivity index (χ0n) is 19.1. The third-order valence-electron chi connectivity index (χ3n) is 8.12. The van der Waals surface area contributed by atoms with Crippen molar-refractivity contribution in [3.63, 3.8) is 0 Å². The van der Waals surface area contributed by atoms with Crippen molar-refractivity contribution in [2.75, 3.05) is 4.90 Å². The summed E-state index contributed by atoms with van der Waals surface area (Å²) in [6.07, 6.45) is 1.03. The molecule has 3 aromatic carbocycles. The first-order valence-corrected chi connectivity index (χ1v) is 11.9. The van der Waals surface area contributed by atoms with Crippen molar-refractivity contribution < 1.29 is 19.5 Å². The lowest BCUT2D eigenvalue weighted by molar-refractivity contribution is -0.122. The van der Waals surface area contributed by atoms with Crippen molar-refractivity contribution in [1.82, 2.24) is 0 Å². The van der Waals surface area contributed by atoms with E-state index in [1.165, 1.54) is 28.2 Å². The molecule has 1 heterocycles. The van der Waals surface area contributed by atoms with Gasteiger partial charge in [-0.25, -0.2) is 9.69 Å². The predicted molar refractivity (Wildman–Crippen MR) is 128 cm³/mol. The monoisotopic (exact) mass is 451 g/mol. The number of aromatic carboxylic acids is 1. The zero-order chi connectivity index (χ0) is 23.7. The molecule has 0 unspecified atom stereocenters.